The predicted molar refractivity (Wildman–Crippen MR) is 84.7 cm³/mol. The molecule has 7 heteroatoms. The molecule has 1 saturated heterocycles. The van der Waals surface area contributed by atoms with Crippen LogP contribution in [0.2, 0.25) is 10.0 Å². The zero-order valence-corrected chi connectivity index (χ0v) is 14.0. The number of carbonyl (C=O) groups excluding carboxylic acids is 1. The Labute approximate surface area is 139 Å². The molecule has 0 spiro atoms. The van der Waals surface area contributed by atoms with Crippen molar-refractivity contribution in [3.05, 3.63) is 33.6 Å². The molecule has 2 rings (SSSR count). The molecule has 22 heavy (non-hydrogen) atoms. The van der Waals surface area contributed by atoms with Gasteiger partial charge in [-0.3, -0.25) is 0 Å². The quantitative estimate of drug-likeness (QED) is 0.820. The fraction of sp³-hybridized carbons (Fsp3) is 0.533. The first-order chi connectivity index (χ1) is 10.3. The Morgan fingerprint density at radius 3 is 2.73 bits per heavy atom. The number of hydrogen-bond donors (Lipinski definition) is 2. The smallest absolute Gasteiger partial charge is 0.317 e. The maximum absolute atomic E-state index is 13.6. The van der Waals surface area contributed by atoms with Crippen molar-refractivity contribution in [2.24, 2.45) is 5.92 Å². The van der Waals surface area contributed by atoms with E-state index in [0.29, 0.717) is 23.7 Å². The van der Waals surface area contributed by atoms with Gasteiger partial charge >= 0.3 is 6.03 Å². The largest absolute Gasteiger partial charge is 0.393 e. The summed E-state index contributed by atoms with van der Waals surface area (Å²) >= 11 is 12.0. The van der Waals surface area contributed by atoms with Gasteiger partial charge in [-0.15, -0.1) is 0 Å². The SMILES string of the molecule is C[C@H](NC(=O)N1CC[C@@H]([C@H](C)O)C1)c1c(Cl)ccc(F)c1Cl. The third kappa shape index (κ3) is 3.65. The molecule has 0 saturated carbocycles. The van der Waals surface area contributed by atoms with Crippen LogP contribution in [0.25, 0.3) is 0 Å². The summed E-state index contributed by atoms with van der Waals surface area (Å²) in [5, 5.41) is 12.6. The minimum atomic E-state index is -0.572. The fourth-order valence-corrected chi connectivity index (χ4v) is 3.35. The molecule has 1 heterocycles. The van der Waals surface area contributed by atoms with E-state index in [2.05, 4.69) is 5.32 Å². The number of hydrogen-bond acceptors (Lipinski definition) is 2. The second kappa shape index (κ2) is 7.02. The highest BCUT2D eigenvalue weighted by Crippen LogP contribution is 2.32. The van der Waals surface area contributed by atoms with Crippen molar-refractivity contribution in [2.75, 3.05) is 13.1 Å². The van der Waals surface area contributed by atoms with Gasteiger partial charge in [0, 0.05) is 29.6 Å². The van der Waals surface area contributed by atoms with E-state index < -0.39 is 18.0 Å². The van der Waals surface area contributed by atoms with Crippen molar-refractivity contribution < 1.29 is 14.3 Å². The van der Waals surface area contributed by atoms with Gasteiger partial charge in [0.25, 0.3) is 0 Å². The maximum Gasteiger partial charge on any atom is 0.317 e. The van der Waals surface area contributed by atoms with Crippen LogP contribution >= 0.6 is 23.2 Å². The highest BCUT2D eigenvalue weighted by Gasteiger charge is 2.30. The standard InChI is InChI=1S/C15H19Cl2FN2O2/c1-8(13-11(16)3-4-12(18)14(13)17)19-15(22)20-6-5-10(7-20)9(2)21/h3-4,8-10,21H,5-7H2,1-2H3,(H,19,22)/t8-,9-,10+/m0/s1. The topological polar surface area (TPSA) is 52.6 Å². The average molecular weight is 349 g/mol. The van der Waals surface area contributed by atoms with Gasteiger partial charge in [-0.05, 0) is 32.4 Å². The Morgan fingerprint density at radius 2 is 2.14 bits per heavy atom. The monoisotopic (exact) mass is 348 g/mol. The number of urea groups is 1. The molecule has 1 aromatic rings. The van der Waals surface area contributed by atoms with E-state index in [9.17, 15) is 14.3 Å². The number of nitrogens with zero attached hydrogens (tertiary/aromatic N) is 1. The van der Waals surface area contributed by atoms with Crippen molar-refractivity contribution in [3.63, 3.8) is 0 Å². The van der Waals surface area contributed by atoms with Crippen LogP contribution in [-0.2, 0) is 0 Å². The lowest BCUT2D eigenvalue weighted by Crippen LogP contribution is -2.40. The Hall–Kier alpha value is -1.04. The van der Waals surface area contributed by atoms with Gasteiger partial charge in [0.15, 0.2) is 0 Å². The Balaban J connectivity index is 2.05. The molecule has 4 nitrogen and oxygen atoms in total. The molecule has 0 bridgehead atoms. The van der Waals surface area contributed by atoms with E-state index >= 15 is 0 Å². The highest BCUT2D eigenvalue weighted by molar-refractivity contribution is 6.36. The molecule has 3 atom stereocenters. The van der Waals surface area contributed by atoms with E-state index in [4.69, 9.17) is 23.2 Å². The summed E-state index contributed by atoms with van der Waals surface area (Å²) in [6.07, 6.45) is 0.323. The highest BCUT2D eigenvalue weighted by atomic mass is 35.5. The molecule has 2 amide bonds. The van der Waals surface area contributed by atoms with Crippen LogP contribution in [0.5, 0.6) is 0 Å². The van der Waals surface area contributed by atoms with Crippen molar-refractivity contribution >= 4 is 29.2 Å². The van der Waals surface area contributed by atoms with Crippen LogP contribution in [0.4, 0.5) is 9.18 Å². The van der Waals surface area contributed by atoms with Gasteiger partial charge in [0.1, 0.15) is 5.82 Å². The molecule has 0 aromatic heterocycles. The first-order valence-electron chi connectivity index (χ1n) is 7.18. The van der Waals surface area contributed by atoms with Crippen LogP contribution in [0, 0.1) is 11.7 Å². The van der Waals surface area contributed by atoms with Crippen LogP contribution in [0.1, 0.15) is 31.9 Å². The van der Waals surface area contributed by atoms with Crippen LogP contribution in [-0.4, -0.2) is 35.2 Å². The minimum absolute atomic E-state index is 0.0800. The van der Waals surface area contributed by atoms with Gasteiger partial charge in [0.05, 0.1) is 17.2 Å². The van der Waals surface area contributed by atoms with Crippen molar-refractivity contribution in [2.45, 2.75) is 32.4 Å². The van der Waals surface area contributed by atoms with E-state index in [1.165, 1.54) is 12.1 Å². The Kier molecular flexibility index (Phi) is 5.53. The molecule has 1 aromatic carbocycles. The van der Waals surface area contributed by atoms with Crippen LogP contribution in [0.3, 0.4) is 0 Å². The molecule has 1 aliphatic heterocycles. The summed E-state index contributed by atoms with van der Waals surface area (Å²) in [7, 11) is 0. The first-order valence-corrected chi connectivity index (χ1v) is 7.93. The molecule has 1 aliphatic rings. The second-order valence-corrected chi connectivity index (χ2v) is 6.45. The Morgan fingerprint density at radius 1 is 1.45 bits per heavy atom. The number of rotatable bonds is 3. The Bertz CT molecular complexity index is 569. The van der Waals surface area contributed by atoms with Gasteiger partial charge < -0.3 is 15.3 Å². The van der Waals surface area contributed by atoms with Crippen molar-refractivity contribution in [3.8, 4) is 0 Å². The summed E-state index contributed by atoms with van der Waals surface area (Å²) in [5.41, 5.74) is 0.364. The first kappa shape index (κ1) is 17.3. The summed E-state index contributed by atoms with van der Waals surface area (Å²) in [5.74, 6) is -0.486. The predicted octanol–water partition coefficient (Wildman–Crippen LogP) is 3.61. The lowest BCUT2D eigenvalue weighted by Gasteiger charge is -2.23. The summed E-state index contributed by atoms with van der Waals surface area (Å²) in [6.45, 7) is 4.51. The maximum atomic E-state index is 13.6. The number of carbonyl (C=O) groups is 1. The van der Waals surface area contributed by atoms with E-state index in [0.717, 1.165) is 6.42 Å². The fourth-order valence-electron chi connectivity index (χ4n) is 2.65. The normalized spacial score (nSPS) is 20.8. The molecular formula is C15H19Cl2FN2O2. The molecular weight excluding hydrogens is 330 g/mol. The van der Waals surface area contributed by atoms with Gasteiger partial charge in [-0.1, -0.05) is 23.2 Å². The summed E-state index contributed by atoms with van der Waals surface area (Å²) in [4.78, 5) is 13.9. The lowest BCUT2D eigenvalue weighted by molar-refractivity contribution is 0.129. The molecule has 0 aliphatic carbocycles. The number of nitrogens with one attached hydrogen (secondary N) is 1. The van der Waals surface area contributed by atoms with E-state index in [-0.39, 0.29) is 17.0 Å². The van der Waals surface area contributed by atoms with E-state index in [1.807, 2.05) is 0 Å². The van der Waals surface area contributed by atoms with Crippen LogP contribution in [0.15, 0.2) is 12.1 Å². The number of aliphatic hydroxyl groups excluding tert-OH is 1. The number of benzene rings is 1. The third-order valence-electron chi connectivity index (χ3n) is 4.05. The number of likely N-dealkylation sites (tertiary alicyclic amines) is 1. The van der Waals surface area contributed by atoms with Gasteiger partial charge in [-0.2, -0.15) is 0 Å². The molecule has 2 N–H and O–H groups in total. The molecule has 0 unspecified atom stereocenters. The second-order valence-electron chi connectivity index (χ2n) is 5.66. The number of amides is 2. The number of aliphatic hydroxyl groups is 1. The van der Waals surface area contributed by atoms with Crippen LogP contribution < -0.4 is 5.32 Å². The van der Waals surface area contributed by atoms with Crippen molar-refractivity contribution in [1.82, 2.24) is 10.2 Å². The zero-order chi connectivity index (χ0) is 16.4. The van der Waals surface area contributed by atoms with E-state index in [1.54, 1.807) is 18.7 Å². The number of halogens is 3. The molecule has 122 valence electrons. The third-order valence-corrected chi connectivity index (χ3v) is 4.76. The summed E-state index contributed by atoms with van der Waals surface area (Å²) < 4.78 is 13.6. The molecule has 1 fully saturated rings. The van der Waals surface area contributed by atoms with Gasteiger partial charge in [-0.25, -0.2) is 9.18 Å². The van der Waals surface area contributed by atoms with Crippen molar-refractivity contribution in [1.29, 1.82) is 0 Å². The molecule has 0 radical (unpaired) electrons. The van der Waals surface area contributed by atoms with Gasteiger partial charge in [0.2, 0.25) is 0 Å². The summed E-state index contributed by atoms with van der Waals surface area (Å²) in [6, 6.07) is 1.82. The zero-order valence-electron chi connectivity index (χ0n) is 12.4. The average Bonchev–Trinajstić information content (AvgIpc) is 2.93. The lowest BCUT2D eigenvalue weighted by atomic mass is 10.0. The minimum Gasteiger partial charge on any atom is -0.393 e.